The van der Waals surface area contributed by atoms with Crippen LogP contribution in [-0.2, 0) is 4.74 Å². The van der Waals surface area contributed by atoms with Crippen molar-refractivity contribution in [3.63, 3.8) is 0 Å². The molecule has 0 radical (unpaired) electrons. The van der Waals surface area contributed by atoms with Crippen molar-refractivity contribution in [1.29, 1.82) is 0 Å². The number of anilines is 1. The predicted octanol–water partition coefficient (Wildman–Crippen LogP) is 2.32. The van der Waals surface area contributed by atoms with Gasteiger partial charge in [-0.2, -0.15) is 4.98 Å². The van der Waals surface area contributed by atoms with Crippen LogP contribution < -0.4 is 10.5 Å². The maximum atomic E-state index is 12.5. The summed E-state index contributed by atoms with van der Waals surface area (Å²) in [7, 11) is 0. The van der Waals surface area contributed by atoms with Crippen LogP contribution in [0.4, 0.5) is 5.95 Å². The van der Waals surface area contributed by atoms with Gasteiger partial charge in [0.1, 0.15) is 5.39 Å². The van der Waals surface area contributed by atoms with Crippen LogP contribution in [0.1, 0.15) is 11.1 Å². The Morgan fingerprint density at radius 2 is 1.92 bits per heavy atom. The standard InChI is InChI=1S/C18H18BrN5O2/c1-10-3-12(19)4-11(2)14(10)24-5-13-15(22-24)20-17(21-16(13)25)23-6-18(7-23)8-26-9-18/h3-5H,6-9H2,1-2H3,(H,20,21,22,25). The molecule has 0 aliphatic carbocycles. The first-order chi connectivity index (χ1) is 12.4. The van der Waals surface area contributed by atoms with E-state index in [9.17, 15) is 4.79 Å². The molecule has 0 amide bonds. The molecule has 1 spiro atoms. The first-order valence-corrected chi connectivity index (χ1v) is 9.33. The fraction of sp³-hybridized carbons (Fsp3) is 0.389. The van der Waals surface area contributed by atoms with Crippen LogP contribution in [0, 0.1) is 19.3 Å². The van der Waals surface area contributed by atoms with E-state index < -0.39 is 0 Å². The molecule has 5 rings (SSSR count). The van der Waals surface area contributed by atoms with Crippen molar-refractivity contribution in [2.75, 3.05) is 31.2 Å². The number of ether oxygens (including phenoxy) is 1. The number of aromatic amines is 1. The number of nitrogens with one attached hydrogen (secondary N) is 1. The first-order valence-electron chi connectivity index (χ1n) is 8.54. The maximum absolute atomic E-state index is 12.5. The van der Waals surface area contributed by atoms with E-state index in [1.807, 2.05) is 26.0 Å². The molecular weight excluding hydrogens is 398 g/mol. The Hall–Kier alpha value is -2.19. The van der Waals surface area contributed by atoms with Crippen LogP contribution in [0.3, 0.4) is 0 Å². The van der Waals surface area contributed by atoms with Gasteiger partial charge in [0.2, 0.25) is 5.95 Å². The lowest BCUT2D eigenvalue weighted by atomic mass is 9.78. The minimum Gasteiger partial charge on any atom is -0.380 e. The second-order valence-electron chi connectivity index (χ2n) is 7.44. The van der Waals surface area contributed by atoms with Gasteiger partial charge in [0, 0.05) is 23.8 Å². The summed E-state index contributed by atoms with van der Waals surface area (Å²) >= 11 is 3.51. The molecule has 1 aromatic carbocycles. The Labute approximate surface area is 158 Å². The third kappa shape index (κ3) is 2.32. The number of fused-ring (bicyclic) bond motifs is 1. The van der Waals surface area contributed by atoms with Crippen molar-refractivity contribution in [2.24, 2.45) is 5.41 Å². The molecule has 26 heavy (non-hydrogen) atoms. The summed E-state index contributed by atoms with van der Waals surface area (Å²) in [6, 6.07) is 4.08. The zero-order chi connectivity index (χ0) is 18.1. The molecular formula is C18H18BrN5O2. The summed E-state index contributed by atoms with van der Waals surface area (Å²) in [5.74, 6) is 0.592. The molecule has 2 aliphatic heterocycles. The highest BCUT2D eigenvalue weighted by molar-refractivity contribution is 9.10. The molecule has 0 bridgehead atoms. The van der Waals surface area contributed by atoms with Crippen LogP contribution in [0.15, 0.2) is 27.6 Å². The Morgan fingerprint density at radius 3 is 2.54 bits per heavy atom. The van der Waals surface area contributed by atoms with Gasteiger partial charge in [-0.25, -0.2) is 4.68 Å². The van der Waals surface area contributed by atoms with Crippen LogP contribution in [0.25, 0.3) is 16.7 Å². The maximum Gasteiger partial charge on any atom is 0.263 e. The second-order valence-corrected chi connectivity index (χ2v) is 8.35. The lowest BCUT2D eigenvalue weighted by Crippen LogP contribution is -2.66. The first kappa shape index (κ1) is 16.0. The predicted molar refractivity (Wildman–Crippen MR) is 102 cm³/mol. The molecule has 2 fully saturated rings. The number of nitrogens with zero attached hydrogens (tertiary/aromatic N) is 4. The summed E-state index contributed by atoms with van der Waals surface area (Å²) in [6.07, 6.45) is 1.76. The van der Waals surface area contributed by atoms with Crippen molar-refractivity contribution in [3.8, 4) is 5.69 Å². The number of hydrogen-bond acceptors (Lipinski definition) is 5. The highest BCUT2D eigenvalue weighted by atomic mass is 79.9. The van der Waals surface area contributed by atoms with Gasteiger partial charge in [0.15, 0.2) is 5.65 Å². The number of benzene rings is 1. The summed E-state index contributed by atoms with van der Waals surface area (Å²) in [6.45, 7) is 7.39. The monoisotopic (exact) mass is 415 g/mol. The molecule has 0 atom stereocenters. The molecule has 0 saturated carbocycles. The van der Waals surface area contributed by atoms with E-state index in [1.165, 1.54) is 0 Å². The van der Waals surface area contributed by atoms with E-state index in [2.05, 4.69) is 35.9 Å². The SMILES string of the molecule is Cc1cc(Br)cc(C)c1-n1cc2c(=O)[nH]c(N3CC4(COC4)C3)nc2n1. The fourth-order valence-electron chi connectivity index (χ4n) is 3.92. The molecule has 7 nitrogen and oxygen atoms in total. The molecule has 134 valence electrons. The number of hydrogen-bond donors (Lipinski definition) is 1. The Bertz CT molecular complexity index is 1070. The number of H-pyrrole nitrogens is 1. The highest BCUT2D eigenvalue weighted by Gasteiger charge is 2.49. The van der Waals surface area contributed by atoms with Gasteiger partial charge in [-0.3, -0.25) is 9.78 Å². The molecule has 8 heteroatoms. The summed E-state index contributed by atoms with van der Waals surface area (Å²) in [5, 5.41) is 5.08. The minimum absolute atomic E-state index is 0.158. The van der Waals surface area contributed by atoms with Crippen LogP contribution >= 0.6 is 15.9 Å². The van der Waals surface area contributed by atoms with Gasteiger partial charge in [-0.05, 0) is 37.1 Å². The molecule has 1 N–H and O–H groups in total. The van der Waals surface area contributed by atoms with Gasteiger partial charge in [0.25, 0.3) is 5.56 Å². The average Bonchev–Trinajstić information content (AvgIpc) is 2.87. The van der Waals surface area contributed by atoms with E-state index in [0.29, 0.717) is 17.0 Å². The smallest absolute Gasteiger partial charge is 0.263 e. The van der Waals surface area contributed by atoms with Crippen LogP contribution in [-0.4, -0.2) is 46.1 Å². The van der Waals surface area contributed by atoms with Crippen molar-refractivity contribution < 1.29 is 4.74 Å². The third-order valence-corrected chi connectivity index (χ3v) is 5.69. The number of halogens is 1. The highest BCUT2D eigenvalue weighted by Crippen LogP contribution is 2.39. The fourth-order valence-corrected chi connectivity index (χ4v) is 4.61. The largest absolute Gasteiger partial charge is 0.380 e. The van der Waals surface area contributed by atoms with Crippen LogP contribution in [0.5, 0.6) is 0 Å². The van der Waals surface area contributed by atoms with Crippen LogP contribution in [0.2, 0.25) is 0 Å². The van der Waals surface area contributed by atoms with Crippen molar-refractivity contribution in [2.45, 2.75) is 13.8 Å². The zero-order valence-electron chi connectivity index (χ0n) is 14.5. The lowest BCUT2D eigenvalue weighted by Gasteiger charge is -2.55. The van der Waals surface area contributed by atoms with Crippen molar-refractivity contribution in [1.82, 2.24) is 19.7 Å². The summed E-state index contributed by atoms with van der Waals surface area (Å²) < 4.78 is 8.08. The molecule has 2 aromatic heterocycles. The molecule has 0 unspecified atom stereocenters. The van der Waals surface area contributed by atoms with E-state index >= 15 is 0 Å². The number of aryl methyl sites for hydroxylation is 2. The van der Waals surface area contributed by atoms with Gasteiger partial charge in [0.05, 0.1) is 24.3 Å². The Kier molecular flexibility index (Phi) is 3.33. The zero-order valence-corrected chi connectivity index (χ0v) is 16.1. The van der Waals surface area contributed by atoms with Gasteiger partial charge in [-0.15, -0.1) is 5.10 Å². The molecule has 3 aromatic rings. The Morgan fingerprint density at radius 1 is 1.23 bits per heavy atom. The van der Waals surface area contributed by atoms with E-state index in [-0.39, 0.29) is 11.0 Å². The van der Waals surface area contributed by atoms with Gasteiger partial charge < -0.3 is 9.64 Å². The third-order valence-electron chi connectivity index (χ3n) is 5.23. The molecule has 2 aliphatic rings. The Balaban J connectivity index is 1.56. The number of aromatic nitrogens is 4. The number of rotatable bonds is 2. The molecule has 2 saturated heterocycles. The average molecular weight is 416 g/mol. The van der Waals surface area contributed by atoms with Crippen molar-refractivity contribution in [3.05, 3.63) is 44.3 Å². The minimum atomic E-state index is -0.158. The normalized spacial score (nSPS) is 18.2. The van der Waals surface area contributed by atoms with Gasteiger partial charge >= 0.3 is 0 Å². The second kappa shape index (κ2) is 5.40. The van der Waals surface area contributed by atoms with E-state index in [4.69, 9.17) is 4.74 Å². The summed E-state index contributed by atoms with van der Waals surface area (Å²) in [4.78, 5) is 22.1. The summed E-state index contributed by atoms with van der Waals surface area (Å²) in [5.41, 5.74) is 3.71. The van der Waals surface area contributed by atoms with Gasteiger partial charge in [-0.1, -0.05) is 15.9 Å². The quantitative estimate of drug-likeness (QED) is 0.694. The van der Waals surface area contributed by atoms with Crippen molar-refractivity contribution >= 4 is 32.9 Å². The van der Waals surface area contributed by atoms with E-state index in [0.717, 1.165) is 47.6 Å². The molecule has 4 heterocycles. The topological polar surface area (TPSA) is 76.0 Å². The lowest BCUT2D eigenvalue weighted by molar-refractivity contribution is -0.127. The van der Waals surface area contributed by atoms with E-state index in [1.54, 1.807) is 10.9 Å².